The number of hydrogen-bond acceptors (Lipinski definition) is 3. The molecule has 120 valence electrons. The van der Waals surface area contributed by atoms with Crippen LogP contribution in [0.2, 0.25) is 0 Å². The fraction of sp³-hybridized carbons (Fsp3) is 0.316. The van der Waals surface area contributed by atoms with Crippen molar-refractivity contribution < 1.29 is 14.6 Å². The van der Waals surface area contributed by atoms with Gasteiger partial charge >= 0.3 is 6.09 Å². The Hall–Kier alpha value is -2.49. The third kappa shape index (κ3) is 4.03. The van der Waals surface area contributed by atoms with Gasteiger partial charge in [-0.2, -0.15) is 0 Å². The Morgan fingerprint density at radius 1 is 1.13 bits per heavy atom. The van der Waals surface area contributed by atoms with Gasteiger partial charge in [-0.25, -0.2) is 4.79 Å². The number of ether oxygens (including phenoxy) is 1. The second-order valence-electron chi connectivity index (χ2n) is 5.97. The molecular weight excluding hydrogens is 290 g/mol. The van der Waals surface area contributed by atoms with E-state index in [1.807, 2.05) is 48.5 Å². The smallest absolute Gasteiger partial charge is 0.410 e. The van der Waals surface area contributed by atoms with Crippen molar-refractivity contribution in [2.45, 2.75) is 19.4 Å². The number of rotatable bonds is 4. The van der Waals surface area contributed by atoms with Crippen LogP contribution in [0.5, 0.6) is 5.75 Å². The van der Waals surface area contributed by atoms with Crippen molar-refractivity contribution in [1.29, 1.82) is 0 Å². The first-order valence-corrected chi connectivity index (χ1v) is 7.95. The summed E-state index contributed by atoms with van der Waals surface area (Å²) >= 11 is 0. The van der Waals surface area contributed by atoms with Gasteiger partial charge in [-0.15, -0.1) is 0 Å². The van der Waals surface area contributed by atoms with Crippen molar-refractivity contribution in [3.63, 3.8) is 0 Å². The van der Waals surface area contributed by atoms with Crippen LogP contribution in [0.3, 0.4) is 0 Å². The molecule has 1 N–H and O–H groups in total. The van der Waals surface area contributed by atoms with Crippen LogP contribution in [-0.2, 0) is 17.8 Å². The number of phenolic OH excluding ortho intramolecular Hbond substituents is 1. The summed E-state index contributed by atoms with van der Waals surface area (Å²) in [5.41, 5.74) is 1.93. The maximum atomic E-state index is 12.1. The summed E-state index contributed by atoms with van der Waals surface area (Å²) in [6, 6.07) is 17.1. The van der Waals surface area contributed by atoms with E-state index in [1.165, 1.54) is 0 Å². The predicted molar refractivity (Wildman–Crippen MR) is 88.1 cm³/mol. The topological polar surface area (TPSA) is 49.8 Å². The minimum absolute atomic E-state index is 0.256. The standard InChI is InChI=1S/C19H21NO3/c21-18-9-5-4-8-17(18)12-16-10-11-20(13-16)19(22)23-14-15-6-2-1-3-7-15/h1-9,16,21H,10-14H2. The fourth-order valence-electron chi connectivity index (χ4n) is 2.97. The quantitative estimate of drug-likeness (QED) is 0.938. The molecule has 0 aromatic heterocycles. The van der Waals surface area contributed by atoms with Gasteiger partial charge in [-0.1, -0.05) is 48.5 Å². The lowest BCUT2D eigenvalue weighted by Crippen LogP contribution is -2.29. The van der Waals surface area contributed by atoms with Crippen molar-refractivity contribution >= 4 is 6.09 Å². The van der Waals surface area contributed by atoms with Gasteiger partial charge < -0.3 is 14.7 Å². The molecule has 0 aliphatic carbocycles. The molecule has 4 nitrogen and oxygen atoms in total. The SMILES string of the molecule is O=C(OCc1ccccc1)N1CCC(Cc2ccccc2O)C1. The number of carbonyl (C=O) groups is 1. The molecule has 0 saturated carbocycles. The minimum Gasteiger partial charge on any atom is -0.508 e. The first-order chi connectivity index (χ1) is 11.2. The van der Waals surface area contributed by atoms with E-state index in [0.717, 1.165) is 24.0 Å². The highest BCUT2D eigenvalue weighted by Crippen LogP contribution is 2.25. The van der Waals surface area contributed by atoms with E-state index in [4.69, 9.17) is 4.74 Å². The Kier molecular flexibility index (Phi) is 4.81. The van der Waals surface area contributed by atoms with Crippen LogP contribution in [0.25, 0.3) is 0 Å². The Morgan fingerprint density at radius 3 is 2.65 bits per heavy atom. The molecule has 1 unspecified atom stereocenters. The lowest BCUT2D eigenvalue weighted by atomic mass is 9.98. The van der Waals surface area contributed by atoms with E-state index < -0.39 is 0 Å². The Morgan fingerprint density at radius 2 is 1.87 bits per heavy atom. The molecule has 1 aliphatic rings. The lowest BCUT2D eigenvalue weighted by molar-refractivity contribution is 0.103. The van der Waals surface area contributed by atoms with Crippen LogP contribution in [0.15, 0.2) is 54.6 Å². The molecule has 0 spiro atoms. The zero-order valence-corrected chi connectivity index (χ0v) is 13.0. The van der Waals surface area contributed by atoms with Gasteiger partial charge in [0.15, 0.2) is 0 Å². The number of likely N-dealkylation sites (tertiary alicyclic amines) is 1. The maximum absolute atomic E-state index is 12.1. The monoisotopic (exact) mass is 311 g/mol. The summed E-state index contributed by atoms with van der Waals surface area (Å²) in [7, 11) is 0. The summed E-state index contributed by atoms with van der Waals surface area (Å²) in [6.07, 6.45) is 1.47. The van der Waals surface area contributed by atoms with E-state index in [1.54, 1.807) is 11.0 Å². The summed E-state index contributed by atoms with van der Waals surface area (Å²) < 4.78 is 5.37. The van der Waals surface area contributed by atoms with Gasteiger partial charge in [-0.05, 0) is 36.0 Å². The average molecular weight is 311 g/mol. The summed E-state index contributed by atoms with van der Waals surface area (Å²) in [6.45, 7) is 1.70. The molecular formula is C19H21NO3. The summed E-state index contributed by atoms with van der Waals surface area (Å²) in [4.78, 5) is 13.9. The minimum atomic E-state index is -0.256. The molecule has 4 heteroatoms. The van der Waals surface area contributed by atoms with Crippen LogP contribution >= 0.6 is 0 Å². The number of benzene rings is 2. The molecule has 3 rings (SSSR count). The molecule has 1 heterocycles. The van der Waals surface area contributed by atoms with Crippen LogP contribution in [0, 0.1) is 5.92 Å². The number of amides is 1. The van der Waals surface area contributed by atoms with Crippen LogP contribution in [0.1, 0.15) is 17.5 Å². The fourth-order valence-corrected chi connectivity index (χ4v) is 2.97. The van der Waals surface area contributed by atoms with Gasteiger partial charge in [0.25, 0.3) is 0 Å². The third-order valence-corrected chi connectivity index (χ3v) is 4.25. The van der Waals surface area contributed by atoms with E-state index in [9.17, 15) is 9.90 Å². The van der Waals surface area contributed by atoms with Crippen molar-refractivity contribution in [2.24, 2.45) is 5.92 Å². The van der Waals surface area contributed by atoms with Gasteiger partial charge in [0, 0.05) is 13.1 Å². The zero-order chi connectivity index (χ0) is 16.1. The molecule has 1 aliphatic heterocycles. The van der Waals surface area contributed by atoms with E-state index >= 15 is 0 Å². The number of phenols is 1. The number of hydrogen-bond donors (Lipinski definition) is 1. The van der Waals surface area contributed by atoms with Crippen molar-refractivity contribution in [3.05, 3.63) is 65.7 Å². The van der Waals surface area contributed by atoms with Crippen molar-refractivity contribution in [1.82, 2.24) is 4.90 Å². The molecule has 1 saturated heterocycles. The Labute approximate surface area is 136 Å². The first-order valence-electron chi connectivity index (χ1n) is 7.95. The number of para-hydroxylation sites is 1. The Balaban J connectivity index is 1.49. The highest BCUT2D eigenvalue weighted by molar-refractivity contribution is 5.68. The number of aromatic hydroxyl groups is 1. The molecule has 0 bridgehead atoms. The first kappa shape index (κ1) is 15.4. The maximum Gasteiger partial charge on any atom is 0.410 e. The second-order valence-corrected chi connectivity index (χ2v) is 5.97. The lowest BCUT2D eigenvalue weighted by Gasteiger charge is -2.16. The highest BCUT2D eigenvalue weighted by atomic mass is 16.6. The highest BCUT2D eigenvalue weighted by Gasteiger charge is 2.27. The van der Waals surface area contributed by atoms with Gasteiger partial charge in [-0.3, -0.25) is 0 Å². The molecule has 0 radical (unpaired) electrons. The molecule has 23 heavy (non-hydrogen) atoms. The van der Waals surface area contributed by atoms with Gasteiger partial charge in [0.1, 0.15) is 12.4 Å². The predicted octanol–water partition coefficient (Wildman–Crippen LogP) is 3.59. The van der Waals surface area contributed by atoms with Crippen LogP contribution < -0.4 is 0 Å². The van der Waals surface area contributed by atoms with E-state index in [-0.39, 0.29) is 6.09 Å². The normalized spacial score (nSPS) is 17.2. The second kappa shape index (κ2) is 7.18. The molecule has 1 atom stereocenters. The van der Waals surface area contributed by atoms with Crippen LogP contribution in [0.4, 0.5) is 4.79 Å². The summed E-state index contributed by atoms with van der Waals surface area (Å²) in [5, 5.41) is 9.85. The third-order valence-electron chi connectivity index (χ3n) is 4.25. The van der Waals surface area contributed by atoms with Gasteiger partial charge in [0.2, 0.25) is 0 Å². The molecule has 1 amide bonds. The van der Waals surface area contributed by atoms with Crippen molar-refractivity contribution in [3.8, 4) is 5.75 Å². The molecule has 2 aromatic rings. The average Bonchev–Trinajstić information content (AvgIpc) is 3.04. The summed E-state index contributed by atoms with van der Waals surface area (Å²) in [5.74, 6) is 0.699. The Bertz CT molecular complexity index is 657. The zero-order valence-electron chi connectivity index (χ0n) is 13.0. The van der Waals surface area contributed by atoms with Crippen LogP contribution in [-0.4, -0.2) is 29.2 Å². The van der Waals surface area contributed by atoms with Gasteiger partial charge in [0.05, 0.1) is 0 Å². The number of nitrogens with zero attached hydrogens (tertiary/aromatic N) is 1. The van der Waals surface area contributed by atoms with E-state index in [2.05, 4.69) is 0 Å². The molecule has 2 aromatic carbocycles. The number of carbonyl (C=O) groups excluding carboxylic acids is 1. The van der Waals surface area contributed by atoms with E-state index in [0.29, 0.717) is 31.4 Å². The molecule has 1 fully saturated rings. The largest absolute Gasteiger partial charge is 0.508 e. The van der Waals surface area contributed by atoms with Crippen molar-refractivity contribution in [2.75, 3.05) is 13.1 Å².